The molecule has 0 aromatic carbocycles. The van der Waals surface area contributed by atoms with Gasteiger partial charge in [0.25, 0.3) is 0 Å². The summed E-state index contributed by atoms with van der Waals surface area (Å²) in [5, 5.41) is 0. The number of carbonyl (C=O) groups excluding carboxylic acids is 1. The SMILES string of the molecule is CCC1OC(=O)C(OC)=C1F. The molecule has 0 spiro atoms. The first-order chi connectivity index (χ1) is 5.20. The topological polar surface area (TPSA) is 35.5 Å². The minimum atomic E-state index is -0.738. The van der Waals surface area contributed by atoms with Crippen molar-refractivity contribution in [2.75, 3.05) is 7.11 Å². The molecule has 0 aromatic rings. The Hall–Kier alpha value is -1.06. The summed E-state index contributed by atoms with van der Waals surface area (Å²) in [5.41, 5.74) is 0. The van der Waals surface area contributed by atoms with E-state index in [0.29, 0.717) is 6.42 Å². The number of cyclic esters (lactones) is 1. The molecule has 3 nitrogen and oxygen atoms in total. The molecule has 0 bridgehead atoms. The van der Waals surface area contributed by atoms with Crippen LogP contribution < -0.4 is 0 Å². The summed E-state index contributed by atoms with van der Waals surface area (Å²) >= 11 is 0. The van der Waals surface area contributed by atoms with Crippen LogP contribution in [-0.4, -0.2) is 19.2 Å². The quantitative estimate of drug-likeness (QED) is 0.568. The highest BCUT2D eigenvalue weighted by Gasteiger charge is 2.34. The fraction of sp³-hybridized carbons (Fsp3) is 0.571. The Morgan fingerprint density at radius 1 is 1.73 bits per heavy atom. The first-order valence-corrected chi connectivity index (χ1v) is 3.35. The summed E-state index contributed by atoms with van der Waals surface area (Å²) in [6.45, 7) is 1.73. The lowest BCUT2D eigenvalue weighted by Gasteiger charge is -2.02. The van der Waals surface area contributed by atoms with Gasteiger partial charge in [-0.25, -0.2) is 9.18 Å². The smallest absolute Gasteiger partial charge is 0.377 e. The van der Waals surface area contributed by atoms with Gasteiger partial charge in [-0.3, -0.25) is 0 Å². The van der Waals surface area contributed by atoms with Crippen molar-refractivity contribution in [1.29, 1.82) is 0 Å². The standard InChI is InChI=1S/C7H9FO3/c1-3-4-5(8)6(10-2)7(9)11-4/h4H,3H2,1-2H3. The van der Waals surface area contributed by atoms with E-state index in [9.17, 15) is 9.18 Å². The number of hydrogen-bond acceptors (Lipinski definition) is 3. The average molecular weight is 160 g/mol. The molecule has 11 heavy (non-hydrogen) atoms. The Balaban J connectivity index is 2.85. The van der Waals surface area contributed by atoms with Crippen molar-refractivity contribution in [2.45, 2.75) is 19.4 Å². The van der Waals surface area contributed by atoms with Gasteiger partial charge in [0, 0.05) is 0 Å². The maximum absolute atomic E-state index is 12.9. The van der Waals surface area contributed by atoms with E-state index in [-0.39, 0.29) is 5.76 Å². The summed E-state index contributed by atoms with van der Waals surface area (Å²) in [6.07, 6.45) is -0.304. The second-order valence-corrected chi connectivity index (χ2v) is 2.18. The lowest BCUT2D eigenvalue weighted by atomic mass is 10.2. The van der Waals surface area contributed by atoms with Crippen LogP contribution in [0.3, 0.4) is 0 Å². The van der Waals surface area contributed by atoms with Crippen molar-refractivity contribution < 1.29 is 18.7 Å². The average Bonchev–Trinajstić information content (AvgIpc) is 2.26. The monoisotopic (exact) mass is 160 g/mol. The first-order valence-electron chi connectivity index (χ1n) is 3.35. The van der Waals surface area contributed by atoms with Crippen molar-refractivity contribution >= 4 is 5.97 Å². The molecule has 0 N–H and O–H groups in total. The van der Waals surface area contributed by atoms with E-state index < -0.39 is 17.9 Å². The third-order valence-corrected chi connectivity index (χ3v) is 1.51. The van der Waals surface area contributed by atoms with Crippen LogP contribution in [0, 0.1) is 0 Å². The van der Waals surface area contributed by atoms with Crippen molar-refractivity contribution in [1.82, 2.24) is 0 Å². The number of halogens is 1. The Morgan fingerprint density at radius 2 is 2.36 bits per heavy atom. The molecule has 1 unspecified atom stereocenters. The highest BCUT2D eigenvalue weighted by atomic mass is 19.1. The van der Waals surface area contributed by atoms with Gasteiger partial charge in [0.2, 0.25) is 5.76 Å². The van der Waals surface area contributed by atoms with E-state index in [1.807, 2.05) is 0 Å². The third kappa shape index (κ3) is 1.20. The Morgan fingerprint density at radius 3 is 2.64 bits per heavy atom. The molecule has 0 saturated heterocycles. The Kier molecular flexibility index (Phi) is 2.12. The van der Waals surface area contributed by atoms with E-state index >= 15 is 0 Å². The molecule has 62 valence electrons. The molecule has 0 aliphatic carbocycles. The van der Waals surface area contributed by atoms with Gasteiger partial charge in [-0.15, -0.1) is 0 Å². The van der Waals surface area contributed by atoms with Crippen molar-refractivity contribution in [3.05, 3.63) is 11.6 Å². The molecule has 0 fully saturated rings. The summed E-state index contributed by atoms with van der Waals surface area (Å²) < 4.78 is 22.0. The van der Waals surface area contributed by atoms with E-state index in [1.54, 1.807) is 6.92 Å². The molecule has 1 aliphatic rings. The molecule has 0 amide bonds. The fourth-order valence-electron chi connectivity index (χ4n) is 0.922. The van der Waals surface area contributed by atoms with Crippen LogP contribution in [-0.2, 0) is 14.3 Å². The minimum Gasteiger partial charge on any atom is -0.488 e. The van der Waals surface area contributed by atoms with Crippen LogP contribution in [0.15, 0.2) is 11.6 Å². The van der Waals surface area contributed by atoms with Gasteiger partial charge in [0.15, 0.2) is 11.9 Å². The maximum Gasteiger partial charge on any atom is 0.377 e. The molecule has 0 aromatic heterocycles. The number of carbonyl (C=O) groups is 1. The predicted molar refractivity (Wildman–Crippen MR) is 35.3 cm³/mol. The van der Waals surface area contributed by atoms with E-state index in [1.165, 1.54) is 7.11 Å². The molecular weight excluding hydrogens is 151 g/mol. The second-order valence-electron chi connectivity index (χ2n) is 2.18. The van der Waals surface area contributed by atoms with E-state index in [4.69, 9.17) is 0 Å². The van der Waals surface area contributed by atoms with Gasteiger partial charge in [0.05, 0.1) is 7.11 Å². The lowest BCUT2D eigenvalue weighted by Crippen LogP contribution is -2.08. The number of ether oxygens (including phenoxy) is 2. The largest absolute Gasteiger partial charge is 0.488 e. The summed E-state index contributed by atoms with van der Waals surface area (Å²) in [7, 11) is 1.24. The van der Waals surface area contributed by atoms with Gasteiger partial charge >= 0.3 is 5.97 Å². The second kappa shape index (κ2) is 2.90. The van der Waals surface area contributed by atoms with Crippen LogP contribution in [0.4, 0.5) is 4.39 Å². The van der Waals surface area contributed by atoms with Crippen LogP contribution >= 0.6 is 0 Å². The van der Waals surface area contributed by atoms with E-state index in [2.05, 4.69) is 9.47 Å². The maximum atomic E-state index is 12.9. The van der Waals surface area contributed by atoms with E-state index in [0.717, 1.165) is 0 Å². The zero-order valence-corrected chi connectivity index (χ0v) is 6.39. The normalized spacial score (nSPS) is 23.9. The van der Waals surface area contributed by atoms with Crippen LogP contribution in [0.25, 0.3) is 0 Å². The Bertz CT molecular complexity index is 210. The number of esters is 1. The molecule has 1 aliphatic heterocycles. The predicted octanol–water partition coefficient (Wildman–Crippen LogP) is 1.15. The minimum absolute atomic E-state index is 0.295. The van der Waals surface area contributed by atoms with Crippen LogP contribution in [0.5, 0.6) is 0 Å². The van der Waals surface area contributed by atoms with Crippen molar-refractivity contribution in [2.24, 2.45) is 0 Å². The Labute approximate surface area is 63.8 Å². The number of methoxy groups -OCH3 is 1. The molecular formula is C7H9FO3. The fourth-order valence-corrected chi connectivity index (χ4v) is 0.922. The van der Waals surface area contributed by atoms with Gasteiger partial charge < -0.3 is 9.47 Å². The highest BCUT2D eigenvalue weighted by molar-refractivity contribution is 5.89. The molecule has 1 atom stereocenters. The van der Waals surface area contributed by atoms with Gasteiger partial charge in [-0.05, 0) is 6.42 Å². The number of hydrogen-bond donors (Lipinski definition) is 0. The molecule has 0 radical (unpaired) electrons. The number of rotatable bonds is 2. The van der Waals surface area contributed by atoms with Crippen molar-refractivity contribution in [3.8, 4) is 0 Å². The zero-order valence-electron chi connectivity index (χ0n) is 6.39. The summed E-state index contributed by atoms with van der Waals surface area (Å²) in [5.74, 6) is -1.60. The third-order valence-electron chi connectivity index (χ3n) is 1.51. The van der Waals surface area contributed by atoms with Gasteiger partial charge in [-0.1, -0.05) is 6.92 Å². The van der Waals surface area contributed by atoms with Crippen LogP contribution in [0.1, 0.15) is 13.3 Å². The first kappa shape index (κ1) is 8.04. The van der Waals surface area contributed by atoms with Gasteiger partial charge in [0.1, 0.15) is 0 Å². The molecule has 0 saturated carbocycles. The lowest BCUT2D eigenvalue weighted by molar-refractivity contribution is -0.142. The molecule has 1 rings (SSSR count). The molecule has 4 heteroatoms. The summed E-state index contributed by atoms with van der Waals surface area (Å²) in [6, 6.07) is 0. The highest BCUT2D eigenvalue weighted by Crippen LogP contribution is 2.25. The molecule has 1 heterocycles. The summed E-state index contributed by atoms with van der Waals surface area (Å²) in [4.78, 5) is 10.7. The van der Waals surface area contributed by atoms with Gasteiger partial charge in [-0.2, -0.15) is 0 Å². The van der Waals surface area contributed by atoms with Crippen molar-refractivity contribution in [3.63, 3.8) is 0 Å². The van der Waals surface area contributed by atoms with Crippen LogP contribution in [0.2, 0.25) is 0 Å². The zero-order chi connectivity index (χ0) is 8.43.